The van der Waals surface area contributed by atoms with Gasteiger partial charge in [-0.05, 0) is 45.0 Å². The van der Waals surface area contributed by atoms with Crippen molar-refractivity contribution in [3.63, 3.8) is 0 Å². The molecule has 26 heavy (non-hydrogen) atoms. The second-order valence-corrected chi connectivity index (χ2v) is 7.76. The second kappa shape index (κ2) is 10.9. The van der Waals surface area contributed by atoms with Crippen LogP contribution in [0.25, 0.3) is 0 Å². The maximum Gasteiger partial charge on any atom is 0.241 e. The number of ketones is 1. The van der Waals surface area contributed by atoms with Crippen LogP contribution in [-0.4, -0.2) is 19.7 Å². The summed E-state index contributed by atoms with van der Waals surface area (Å²) in [5, 5.41) is 0. The predicted octanol–water partition coefficient (Wildman–Crippen LogP) is 5.05. The molecule has 0 bridgehead atoms. The summed E-state index contributed by atoms with van der Waals surface area (Å²) in [6.07, 6.45) is 0. The summed E-state index contributed by atoms with van der Waals surface area (Å²) in [7, 11) is -3.59. The molecule has 0 saturated carbocycles. The summed E-state index contributed by atoms with van der Waals surface area (Å²) >= 11 is 0. The van der Waals surface area contributed by atoms with E-state index in [2.05, 4.69) is 4.72 Å². The number of hydrogen-bond donors (Lipinski definition) is 1. The van der Waals surface area contributed by atoms with E-state index >= 15 is 0 Å². The van der Waals surface area contributed by atoms with Crippen LogP contribution in [0.1, 0.15) is 64.4 Å². The van der Waals surface area contributed by atoms with E-state index in [-0.39, 0.29) is 10.7 Å². The SMILES string of the molecule is CC.CC.CC(C)(C)NS(=O)(=O)c1ccc(C(=O)c2ccccc2)cc1. The van der Waals surface area contributed by atoms with Gasteiger partial charge in [0.15, 0.2) is 5.78 Å². The van der Waals surface area contributed by atoms with E-state index in [1.54, 1.807) is 45.0 Å². The number of sulfonamides is 1. The first-order valence-electron chi connectivity index (χ1n) is 8.93. The lowest BCUT2D eigenvalue weighted by Crippen LogP contribution is -2.40. The minimum Gasteiger partial charge on any atom is -0.289 e. The Morgan fingerprint density at radius 1 is 0.769 bits per heavy atom. The number of rotatable bonds is 4. The van der Waals surface area contributed by atoms with Crippen molar-refractivity contribution in [3.8, 4) is 0 Å². The van der Waals surface area contributed by atoms with Crippen molar-refractivity contribution in [3.05, 3.63) is 65.7 Å². The summed E-state index contributed by atoms with van der Waals surface area (Å²) in [6.45, 7) is 13.3. The third-order valence-electron chi connectivity index (χ3n) is 2.90. The highest BCUT2D eigenvalue weighted by Crippen LogP contribution is 2.16. The molecule has 5 heteroatoms. The minimum absolute atomic E-state index is 0.131. The Kier molecular flexibility index (Phi) is 10.1. The first kappa shape index (κ1) is 24.0. The number of hydrogen-bond acceptors (Lipinski definition) is 3. The van der Waals surface area contributed by atoms with Gasteiger partial charge >= 0.3 is 0 Å². The summed E-state index contributed by atoms with van der Waals surface area (Å²) in [5.74, 6) is -0.131. The van der Waals surface area contributed by atoms with Gasteiger partial charge in [-0.3, -0.25) is 4.79 Å². The lowest BCUT2D eigenvalue weighted by molar-refractivity contribution is 0.103. The summed E-state index contributed by atoms with van der Waals surface area (Å²) in [4.78, 5) is 12.4. The molecule has 2 aromatic rings. The van der Waals surface area contributed by atoms with Gasteiger partial charge in [-0.1, -0.05) is 58.0 Å². The lowest BCUT2D eigenvalue weighted by Gasteiger charge is -2.20. The zero-order chi connectivity index (χ0) is 20.4. The summed E-state index contributed by atoms with van der Waals surface area (Å²) in [6, 6.07) is 14.8. The van der Waals surface area contributed by atoms with Crippen LogP contribution in [0.4, 0.5) is 0 Å². The summed E-state index contributed by atoms with van der Waals surface area (Å²) in [5.41, 5.74) is 0.476. The highest BCUT2D eigenvalue weighted by molar-refractivity contribution is 7.89. The molecule has 0 spiro atoms. The van der Waals surface area contributed by atoms with Gasteiger partial charge in [0.25, 0.3) is 0 Å². The monoisotopic (exact) mass is 377 g/mol. The second-order valence-electron chi connectivity index (χ2n) is 6.08. The van der Waals surface area contributed by atoms with Crippen LogP contribution in [0.3, 0.4) is 0 Å². The van der Waals surface area contributed by atoms with Crippen LogP contribution in [0, 0.1) is 0 Å². The van der Waals surface area contributed by atoms with Gasteiger partial charge in [0.1, 0.15) is 0 Å². The first-order valence-corrected chi connectivity index (χ1v) is 10.4. The number of nitrogens with one attached hydrogen (secondary N) is 1. The Morgan fingerprint density at radius 2 is 1.19 bits per heavy atom. The van der Waals surface area contributed by atoms with Crippen molar-refractivity contribution >= 4 is 15.8 Å². The Morgan fingerprint density at radius 3 is 1.62 bits per heavy atom. The zero-order valence-electron chi connectivity index (χ0n) is 16.8. The van der Waals surface area contributed by atoms with E-state index < -0.39 is 15.6 Å². The number of benzene rings is 2. The van der Waals surface area contributed by atoms with E-state index in [1.807, 2.05) is 33.8 Å². The Balaban J connectivity index is 0.00000146. The average molecular weight is 378 g/mol. The van der Waals surface area contributed by atoms with Gasteiger partial charge in [-0.25, -0.2) is 13.1 Å². The highest BCUT2D eigenvalue weighted by Gasteiger charge is 2.22. The molecule has 2 rings (SSSR count). The molecule has 4 nitrogen and oxygen atoms in total. The predicted molar refractivity (Wildman–Crippen MR) is 109 cm³/mol. The van der Waals surface area contributed by atoms with Gasteiger partial charge in [-0.2, -0.15) is 0 Å². The molecule has 0 fully saturated rings. The van der Waals surface area contributed by atoms with Crippen molar-refractivity contribution in [1.82, 2.24) is 4.72 Å². The van der Waals surface area contributed by atoms with Gasteiger partial charge < -0.3 is 0 Å². The van der Waals surface area contributed by atoms with Crippen molar-refractivity contribution in [2.45, 2.75) is 58.9 Å². The van der Waals surface area contributed by atoms with Gasteiger partial charge in [0.05, 0.1) is 4.90 Å². The molecule has 0 aromatic heterocycles. The maximum absolute atomic E-state index is 12.3. The standard InChI is InChI=1S/C17H19NO3S.2C2H6/c1-17(2,3)18-22(20,21)15-11-9-14(10-12-15)16(19)13-7-5-4-6-8-13;2*1-2/h4-12,18H,1-3H3;2*1-2H3. The van der Waals surface area contributed by atoms with Crippen molar-refractivity contribution in [1.29, 1.82) is 0 Å². The van der Waals surface area contributed by atoms with Crippen LogP contribution < -0.4 is 4.72 Å². The molecule has 0 radical (unpaired) electrons. The van der Waals surface area contributed by atoms with Gasteiger partial charge in [0, 0.05) is 16.7 Å². The quantitative estimate of drug-likeness (QED) is 0.759. The Labute approximate surface area is 158 Å². The molecular weight excluding hydrogens is 346 g/mol. The van der Waals surface area contributed by atoms with Gasteiger partial charge in [-0.15, -0.1) is 0 Å². The summed E-state index contributed by atoms with van der Waals surface area (Å²) < 4.78 is 27.0. The van der Waals surface area contributed by atoms with E-state index in [1.165, 1.54) is 24.3 Å². The smallest absolute Gasteiger partial charge is 0.241 e. The van der Waals surface area contributed by atoms with E-state index in [0.717, 1.165) is 0 Å². The van der Waals surface area contributed by atoms with E-state index in [9.17, 15) is 13.2 Å². The largest absolute Gasteiger partial charge is 0.289 e. The normalized spacial score (nSPS) is 10.7. The van der Waals surface area contributed by atoms with Crippen LogP contribution in [0.15, 0.2) is 59.5 Å². The van der Waals surface area contributed by atoms with Crippen LogP contribution >= 0.6 is 0 Å². The fourth-order valence-electron chi connectivity index (χ4n) is 2.00. The van der Waals surface area contributed by atoms with Crippen molar-refractivity contribution in [2.24, 2.45) is 0 Å². The number of carbonyl (C=O) groups excluding carboxylic acids is 1. The Hall–Kier alpha value is -1.98. The molecule has 0 aliphatic carbocycles. The van der Waals surface area contributed by atoms with E-state index in [0.29, 0.717) is 11.1 Å². The van der Waals surface area contributed by atoms with E-state index in [4.69, 9.17) is 0 Å². The fourth-order valence-corrected chi connectivity index (χ4v) is 3.42. The third-order valence-corrected chi connectivity index (χ3v) is 4.68. The molecule has 0 aliphatic rings. The lowest BCUT2D eigenvalue weighted by atomic mass is 10.0. The average Bonchev–Trinajstić information content (AvgIpc) is 2.63. The topological polar surface area (TPSA) is 63.2 Å². The van der Waals surface area contributed by atoms with Crippen LogP contribution in [-0.2, 0) is 10.0 Å². The molecule has 2 aromatic carbocycles. The number of carbonyl (C=O) groups is 1. The molecule has 0 aliphatic heterocycles. The molecular formula is C21H31NO3S. The molecule has 0 amide bonds. The first-order chi connectivity index (χ1) is 12.2. The van der Waals surface area contributed by atoms with Crippen molar-refractivity contribution < 1.29 is 13.2 Å². The van der Waals surface area contributed by atoms with Crippen molar-refractivity contribution in [2.75, 3.05) is 0 Å². The fraction of sp³-hybridized carbons (Fsp3) is 0.381. The molecule has 144 valence electrons. The molecule has 0 heterocycles. The zero-order valence-corrected chi connectivity index (χ0v) is 17.6. The molecule has 0 atom stereocenters. The molecule has 1 N–H and O–H groups in total. The molecule has 0 unspecified atom stereocenters. The Bertz CT molecular complexity index is 759. The minimum atomic E-state index is -3.59. The van der Waals surface area contributed by atoms with Gasteiger partial charge in [0.2, 0.25) is 10.0 Å². The maximum atomic E-state index is 12.3. The van der Waals surface area contributed by atoms with Crippen LogP contribution in [0.5, 0.6) is 0 Å². The van der Waals surface area contributed by atoms with Crippen LogP contribution in [0.2, 0.25) is 0 Å². The molecule has 0 saturated heterocycles. The third kappa shape index (κ3) is 7.50. The highest BCUT2D eigenvalue weighted by atomic mass is 32.2.